The van der Waals surface area contributed by atoms with Crippen molar-refractivity contribution in [3.8, 4) is 0 Å². The lowest BCUT2D eigenvalue weighted by Crippen LogP contribution is -2.32. The number of hydrogen-bond donors (Lipinski definition) is 0. The number of benzene rings is 1. The van der Waals surface area contributed by atoms with Crippen molar-refractivity contribution in [2.24, 2.45) is 5.92 Å². The molecule has 0 radical (unpaired) electrons. The third-order valence-electron chi connectivity index (χ3n) is 3.32. The van der Waals surface area contributed by atoms with E-state index < -0.39 is 10.0 Å². The Morgan fingerprint density at radius 2 is 2.15 bits per heavy atom. The van der Waals surface area contributed by atoms with Crippen LogP contribution in [-0.2, 0) is 14.8 Å². The van der Waals surface area contributed by atoms with Crippen LogP contribution >= 0.6 is 27.5 Å². The maximum Gasteiger partial charge on any atom is 0.267 e. The molecule has 110 valence electrons. The largest absolute Gasteiger partial charge is 0.274 e. The highest BCUT2D eigenvalue weighted by Crippen LogP contribution is 2.32. The molecule has 1 amide bonds. The number of carbonyl (C=O) groups excluding carboxylic acids is 1. The average Bonchev–Trinajstić information content (AvgIpc) is 2.71. The fraction of sp³-hybridized carbons (Fsp3) is 0.462. The first-order valence-electron chi connectivity index (χ1n) is 6.37. The van der Waals surface area contributed by atoms with Crippen molar-refractivity contribution >= 4 is 43.5 Å². The molecule has 0 bridgehead atoms. The molecule has 7 heteroatoms. The number of carbonyl (C=O) groups is 1. The normalized spacial score (nSPS) is 19.6. The quantitative estimate of drug-likeness (QED) is 0.804. The summed E-state index contributed by atoms with van der Waals surface area (Å²) < 4.78 is 26.7. The van der Waals surface area contributed by atoms with E-state index in [9.17, 15) is 13.2 Å². The van der Waals surface area contributed by atoms with Gasteiger partial charge in [-0.25, -0.2) is 12.7 Å². The fourth-order valence-electron chi connectivity index (χ4n) is 2.39. The molecule has 0 N–H and O–H groups in total. The highest BCUT2D eigenvalue weighted by molar-refractivity contribution is 9.10. The van der Waals surface area contributed by atoms with Crippen molar-refractivity contribution < 1.29 is 13.2 Å². The molecule has 1 aliphatic heterocycles. The van der Waals surface area contributed by atoms with Crippen LogP contribution in [0.1, 0.15) is 26.2 Å². The summed E-state index contributed by atoms with van der Waals surface area (Å²) in [6, 6.07) is 4.53. The Balaban J connectivity index is 2.33. The zero-order valence-corrected chi connectivity index (χ0v) is 14.1. The van der Waals surface area contributed by atoms with Gasteiger partial charge in [-0.2, -0.15) is 0 Å². The van der Waals surface area contributed by atoms with Gasteiger partial charge in [-0.15, -0.1) is 0 Å². The van der Waals surface area contributed by atoms with Crippen LogP contribution in [-0.4, -0.2) is 25.2 Å². The predicted octanol–water partition coefficient (Wildman–Crippen LogP) is 3.44. The molecule has 0 saturated carbocycles. The summed E-state index contributed by atoms with van der Waals surface area (Å²) >= 11 is 9.22. The smallest absolute Gasteiger partial charge is 0.267 e. The number of hydrogen-bond acceptors (Lipinski definition) is 3. The van der Waals surface area contributed by atoms with Crippen molar-refractivity contribution in [1.29, 1.82) is 0 Å². The molecule has 20 heavy (non-hydrogen) atoms. The van der Waals surface area contributed by atoms with Crippen LogP contribution in [0, 0.1) is 5.92 Å². The van der Waals surface area contributed by atoms with Crippen molar-refractivity contribution in [1.82, 2.24) is 4.31 Å². The van der Waals surface area contributed by atoms with Crippen LogP contribution in [0.5, 0.6) is 0 Å². The van der Waals surface area contributed by atoms with Crippen molar-refractivity contribution in [2.45, 2.75) is 31.1 Å². The third kappa shape index (κ3) is 3.02. The zero-order chi connectivity index (χ0) is 14.9. The predicted molar refractivity (Wildman–Crippen MR) is 81.1 cm³/mol. The van der Waals surface area contributed by atoms with Gasteiger partial charge in [0.2, 0.25) is 5.91 Å². The average molecular weight is 381 g/mol. The molecule has 1 unspecified atom stereocenters. The number of halogens is 2. The van der Waals surface area contributed by atoms with Gasteiger partial charge in [0.15, 0.2) is 0 Å². The molecule has 0 aromatic heterocycles. The van der Waals surface area contributed by atoms with Crippen LogP contribution in [0.4, 0.5) is 0 Å². The summed E-state index contributed by atoms with van der Waals surface area (Å²) in [5.74, 6) is -0.237. The van der Waals surface area contributed by atoms with Gasteiger partial charge in [-0.05, 0) is 30.5 Å². The lowest BCUT2D eigenvalue weighted by Gasteiger charge is -2.18. The molecule has 1 saturated heterocycles. The summed E-state index contributed by atoms with van der Waals surface area (Å²) in [4.78, 5) is 11.9. The molecule has 0 spiro atoms. The summed E-state index contributed by atoms with van der Waals surface area (Å²) in [6.07, 6.45) is 2.08. The van der Waals surface area contributed by atoms with E-state index >= 15 is 0 Å². The van der Waals surface area contributed by atoms with Gasteiger partial charge in [0.25, 0.3) is 10.0 Å². The molecule has 1 aliphatic rings. The van der Waals surface area contributed by atoms with E-state index in [4.69, 9.17) is 11.6 Å². The Kier molecular flexibility index (Phi) is 4.76. The first kappa shape index (κ1) is 15.8. The molecule has 1 aromatic carbocycles. The summed E-state index contributed by atoms with van der Waals surface area (Å²) in [5.41, 5.74) is 0. The lowest BCUT2D eigenvalue weighted by atomic mass is 10.0. The first-order valence-corrected chi connectivity index (χ1v) is 8.98. The minimum absolute atomic E-state index is 0.0205. The van der Waals surface area contributed by atoms with E-state index in [0.717, 1.165) is 17.1 Å². The second kappa shape index (κ2) is 6.03. The molecule has 1 fully saturated rings. The van der Waals surface area contributed by atoms with Crippen LogP contribution in [0.3, 0.4) is 0 Å². The summed E-state index contributed by atoms with van der Waals surface area (Å²) in [6.45, 7) is 2.27. The molecular weight excluding hydrogens is 366 g/mol. The Bertz CT molecular complexity index is 633. The Morgan fingerprint density at radius 3 is 2.75 bits per heavy atom. The molecule has 1 atom stereocenters. The SMILES string of the molecule is CCCC1CC(=O)N(S(=O)(=O)c2ccc(Br)cc2Cl)C1. The monoisotopic (exact) mass is 379 g/mol. The van der Waals surface area contributed by atoms with Gasteiger partial charge in [0.1, 0.15) is 4.90 Å². The minimum atomic E-state index is -3.86. The van der Waals surface area contributed by atoms with Gasteiger partial charge in [0, 0.05) is 17.4 Å². The van der Waals surface area contributed by atoms with Crippen LogP contribution < -0.4 is 0 Å². The Hall–Kier alpha value is -0.590. The number of nitrogens with zero attached hydrogens (tertiary/aromatic N) is 1. The number of rotatable bonds is 4. The molecule has 1 heterocycles. The number of sulfonamides is 1. The Labute approximate surface area is 132 Å². The zero-order valence-electron chi connectivity index (χ0n) is 11.0. The van der Waals surface area contributed by atoms with Crippen LogP contribution in [0.2, 0.25) is 5.02 Å². The maximum absolute atomic E-state index is 12.5. The van der Waals surface area contributed by atoms with E-state index in [2.05, 4.69) is 15.9 Å². The van der Waals surface area contributed by atoms with Gasteiger partial charge >= 0.3 is 0 Å². The van der Waals surface area contributed by atoms with E-state index in [1.165, 1.54) is 12.1 Å². The third-order valence-corrected chi connectivity index (χ3v) is 6.09. The molecule has 0 aliphatic carbocycles. The maximum atomic E-state index is 12.5. The van der Waals surface area contributed by atoms with E-state index in [1.54, 1.807) is 6.07 Å². The second-order valence-electron chi connectivity index (χ2n) is 4.86. The fourth-order valence-corrected chi connectivity index (χ4v) is 4.88. The minimum Gasteiger partial charge on any atom is -0.274 e. The molecule has 2 rings (SSSR count). The summed E-state index contributed by atoms with van der Waals surface area (Å²) in [7, 11) is -3.86. The van der Waals surface area contributed by atoms with Gasteiger partial charge in [0.05, 0.1) is 5.02 Å². The van der Waals surface area contributed by atoms with Gasteiger partial charge in [-0.3, -0.25) is 4.79 Å². The molecular formula is C13H15BrClNO3S. The molecule has 4 nitrogen and oxygen atoms in total. The summed E-state index contributed by atoms with van der Waals surface area (Å²) in [5, 5.41) is 0.117. The van der Waals surface area contributed by atoms with Crippen LogP contribution in [0.15, 0.2) is 27.6 Å². The van der Waals surface area contributed by atoms with Gasteiger partial charge < -0.3 is 0 Å². The second-order valence-corrected chi connectivity index (χ2v) is 8.02. The topological polar surface area (TPSA) is 54.5 Å². The van der Waals surface area contributed by atoms with Crippen molar-refractivity contribution in [3.05, 3.63) is 27.7 Å². The van der Waals surface area contributed by atoms with E-state index in [-0.39, 0.29) is 28.3 Å². The van der Waals surface area contributed by atoms with Crippen molar-refractivity contribution in [3.63, 3.8) is 0 Å². The Morgan fingerprint density at radius 1 is 1.45 bits per heavy atom. The first-order chi connectivity index (χ1) is 9.36. The van der Waals surface area contributed by atoms with Gasteiger partial charge in [-0.1, -0.05) is 40.9 Å². The highest BCUT2D eigenvalue weighted by atomic mass is 79.9. The lowest BCUT2D eigenvalue weighted by molar-refractivity contribution is -0.123. The highest BCUT2D eigenvalue weighted by Gasteiger charge is 2.38. The molecule has 1 aromatic rings. The van der Waals surface area contributed by atoms with Crippen LogP contribution in [0.25, 0.3) is 0 Å². The number of amides is 1. The van der Waals surface area contributed by atoms with E-state index in [0.29, 0.717) is 10.9 Å². The van der Waals surface area contributed by atoms with Crippen molar-refractivity contribution in [2.75, 3.05) is 6.54 Å². The van der Waals surface area contributed by atoms with E-state index in [1.807, 2.05) is 6.92 Å². The standard InChI is InChI=1S/C13H15BrClNO3S/c1-2-3-9-6-13(17)16(8-9)20(18,19)12-5-4-10(14)7-11(12)15/h4-5,7,9H,2-3,6,8H2,1H3.